The summed E-state index contributed by atoms with van der Waals surface area (Å²) in [4.78, 5) is 33.0. The van der Waals surface area contributed by atoms with Crippen LogP contribution < -0.4 is 16.4 Å². The monoisotopic (exact) mass is 280 g/mol. The normalized spacial score (nSPS) is 11.5. The fourth-order valence-corrected chi connectivity index (χ4v) is 1.71. The molecule has 0 fully saturated rings. The van der Waals surface area contributed by atoms with Crippen LogP contribution in [0.2, 0.25) is 0 Å². The van der Waals surface area contributed by atoms with Crippen molar-refractivity contribution in [1.82, 2.24) is 5.32 Å². The first-order valence-corrected chi connectivity index (χ1v) is 5.90. The third-order valence-electron chi connectivity index (χ3n) is 2.61. The van der Waals surface area contributed by atoms with Crippen molar-refractivity contribution in [2.45, 2.75) is 19.4 Å². The Labute approximate surface area is 115 Å². The minimum Gasteiger partial charge on any atom is -0.387 e. The Morgan fingerprint density at radius 2 is 2.10 bits per heavy atom. The van der Waals surface area contributed by atoms with E-state index in [0.29, 0.717) is 5.69 Å². The SMILES string of the molecule is CNc1ccc([N+](=O)[O-])cc1C(=O)NC(C)CC(N)=O. The van der Waals surface area contributed by atoms with E-state index in [1.165, 1.54) is 18.2 Å². The average molecular weight is 280 g/mol. The van der Waals surface area contributed by atoms with Gasteiger partial charge < -0.3 is 16.4 Å². The van der Waals surface area contributed by atoms with Gasteiger partial charge in [0.15, 0.2) is 0 Å². The largest absolute Gasteiger partial charge is 0.387 e. The van der Waals surface area contributed by atoms with Crippen LogP contribution in [0.4, 0.5) is 11.4 Å². The van der Waals surface area contributed by atoms with Gasteiger partial charge in [0.2, 0.25) is 5.91 Å². The van der Waals surface area contributed by atoms with Crippen LogP contribution in [0.15, 0.2) is 18.2 Å². The van der Waals surface area contributed by atoms with Crippen molar-refractivity contribution >= 4 is 23.2 Å². The second kappa shape index (κ2) is 6.50. The van der Waals surface area contributed by atoms with Gasteiger partial charge >= 0.3 is 0 Å². The molecule has 0 saturated carbocycles. The maximum atomic E-state index is 12.1. The highest BCUT2D eigenvalue weighted by molar-refractivity contribution is 6.00. The zero-order chi connectivity index (χ0) is 15.3. The molecule has 0 aliphatic carbocycles. The Balaban J connectivity index is 2.98. The molecule has 0 aromatic heterocycles. The number of primary amides is 1. The topological polar surface area (TPSA) is 127 Å². The lowest BCUT2D eigenvalue weighted by Gasteiger charge is -2.14. The molecule has 1 rings (SSSR count). The van der Waals surface area contributed by atoms with Crippen molar-refractivity contribution in [3.8, 4) is 0 Å². The van der Waals surface area contributed by atoms with Gasteiger partial charge in [-0.25, -0.2) is 0 Å². The molecule has 8 heteroatoms. The number of rotatable bonds is 6. The van der Waals surface area contributed by atoms with Gasteiger partial charge in [0.25, 0.3) is 11.6 Å². The maximum absolute atomic E-state index is 12.1. The second-order valence-corrected chi connectivity index (χ2v) is 4.28. The number of non-ortho nitro benzene ring substituents is 1. The molecule has 108 valence electrons. The number of hydrogen-bond donors (Lipinski definition) is 3. The number of benzene rings is 1. The maximum Gasteiger partial charge on any atom is 0.270 e. The molecule has 1 unspecified atom stereocenters. The lowest BCUT2D eigenvalue weighted by molar-refractivity contribution is -0.384. The summed E-state index contributed by atoms with van der Waals surface area (Å²) in [7, 11) is 1.60. The highest BCUT2D eigenvalue weighted by Crippen LogP contribution is 2.21. The van der Waals surface area contributed by atoms with Gasteiger partial charge in [0.05, 0.1) is 10.5 Å². The van der Waals surface area contributed by atoms with Gasteiger partial charge in [-0.2, -0.15) is 0 Å². The van der Waals surface area contributed by atoms with Crippen LogP contribution in [0, 0.1) is 10.1 Å². The number of carbonyl (C=O) groups excluding carboxylic acids is 2. The fourth-order valence-electron chi connectivity index (χ4n) is 1.71. The van der Waals surface area contributed by atoms with E-state index in [0.717, 1.165) is 0 Å². The standard InChI is InChI=1S/C12H16N4O4/c1-7(5-11(13)17)15-12(18)9-6-8(16(19)20)3-4-10(9)14-2/h3-4,6-7,14H,5H2,1-2H3,(H2,13,17)(H,15,18). The zero-order valence-electron chi connectivity index (χ0n) is 11.2. The highest BCUT2D eigenvalue weighted by Gasteiger charge is 2.18. The molecule has 0 heterocycles. The quantitative estimate of drug-likeness (QED) is 0.520. The van der Waals surface area contributed by atoms with Gasteiger partial charge in [-0.15, -0.1) is 0 Å². The van der Waals surface area contributed by atoms with E-state index in [1.807, 2.05) is 0 Å². The Bertz CT molecular complexity index is 544. The number of anilines is 1. The number of hydrogen-bond acceptors (Lipinski definition) is 5. The van der Waals surface area contributed by atoms with Gasteiger partial charge in [0, 0.05) is 37.3 Å². The fraction of sp³-hybridized carbons (Fsp3) is 0.333. The molecule has 8 nitrogen and oxygen atoms in total. The molecule has 0 aliphatic rings. The molecular weight excluding hydrogens is 264 g/mol. The third kappa shape index (κ3) is 3.94. The molecular formula is C12H16N4O4. The van der Waals surface area contributed by atoms with Crippen molar-refractivity contribution in [1.29, 1.82) is 0 Å². The predicted molar refractivity (Wildman–Crippen MR) is 73.4 cm³/mol. The molecule has 1 aromatic rings. The van der Waals surface area contributed by atoms with E-state index >= 15 is 0 Å². The van der Waals surface area contributed by atoms with Crippen molar-refractivity contribution in [2.24, 2.45) is 5.73 Å². The van der Waals surface area contributed by atoms with E-state index in [-0.39, 0.29) is 17.7 Å². The first kappa shape index (κ1) is 15.4. The van der Waals surface area contributed by atoms with Crippen LogP contribution in [0.3, 0.4) is 0 Å². The molecule has 0 spiro atoms. The first-order valence-electron chi connectivity index (χ1n) is 5.90. The second-order valence-electron chi connectivity index (χ2n) is 4.28. The van der Waals surface area contributed by atoms with Gasteiger partial charge in [0.1, 0.15) is 0 Å². The van der Waals surface area contributed by atoms with E-state index < -0.39 is 22.8 Å². The smallest absolute Gasteiger partial charge is 0.270 e. The number of nitro benzene ring substituents is 1. The van der Waals surface area contributed by atoms with E-state index in [2.05, 4.69) is 10.6 Å². The molecule has 1 atom stereocenters. The van der Waals surface area contributed by atoms with Gasteiger partial charge in [-0.1, -0.05) is 0 Å². The van der Waals surface area contributed by atoms with Crippen molar-refractivity contribution in [2.75, 3.05) is 12.4 Å². The van der Waals surface area contributed by atoms with Crippen molar-refractivity contribution in [3.63, 3.8) is 0 Å². The predicted octanol–water partition coefficient (Wildman–Crippen LogP) is 0.630. The van der Waals surface area contributed by atoms with E-state index in [9.17, 15) is 19.7 Å². The molecule has 2 amide bonds. The number of nitro groups is 1. The molecule has 0 bridgehead atoms. The number of amides is 2. The molecule has 0 saturated heterocycles. The van der Waals surface area contributed by atoms with Crippen LogP contribution >= 0.6 is 0 Å². The highest BCUT2D eigenvalue weighted by atomic mass is 16.6. The van der Waals surface area contributed by atoms with Gasteiger partial charge in [-0.05, 0) is 13.0 Å². The van der Waals surface area contributed by atoms with Crippen LogP contribution in [-0.2, 0) is 4.79 Å². The zero-order valence-corrected chi connectivity index (χ0v) is 11.2. The molecule has 20 heavy (non-hydrogen) atoms. The third-order valence-corrected chi connectivity index (χ3v) is 2.61. The number of nitrogens with one attached hydrogen (secondary N) is 2. The number of nitrogens with two attached hydrogens (primary N) is 1. The molecule has 0 aliphatic heterocycles. The van der Waals surface area contributed by atoms with Crippen molar-refractivity contribution < 1.29 is 14.5 Å². The lowest BCUT2D eigenvalue weighted by Crippen LogP contribution is -2.36. The van der Waals surface area contributed by atoms with Crippen LogP contribution in [0.25, 0.3) is 0 Å². The summed E-state index contributed by atoms with van der Waals surface area (Å²) in [6.45, 7) is 1.62. The summed E-state index contributed by atoms with van der Waals surface area (Å²) in [5, 5.41) is 16.1. The van der Waals surface area contributed by atoms with E-state index in [1.54, 1.807) is 14.0 Å². The minimum absolute atomic E-state index is 0.00441. The summed E-state index contributed by atoms with van der Waals surface area (Å²) < 4.78 is 0. The van der Waals surface area contributed by atoms with E-state index in [4.69, 9.17) is 5.73 Å². The Morgan fingerprint density at radius 1 is 1.45 bits per heavy atom. The summed E-state index contributed by atoms with van der Waals surface area (Å²) in [5.41, 5.74) is 5.45. The van der Waals surface area contributed by atoms with Crippen LogP contribution in [-0.4, -0.2) is 29.8 Å². The average Bonchev–Trinajstić information content (AvgIpc) is 2.36. The van der Waals surface area contributed by atoms with Crippen LogP contribution in [0.1, 0.15) is 23.7 Å². The van der Waals surface area contributed by atoms with Crippen LogP contribution in [0.5, 0.6) is 0 Å². The summed E-state index contributed by atoms with van der Waals surface area (Å²) in [6, 6.07) is 3.48. The number of carbonyl (C=O) groups is 2. The summed E-state index contributed by atoms with van der Waals surface area (Å²) in [5.74, 6) is -1.04. The van der Waals surface area contributed by atoms with Crippen molar-refractivity contribution in [3.05, 3.63) is 33.9 Å². The Morgan fingerprint density at radius 3 is 2.60 bits per heavy atom. The Hall–Kier alpha value is -2.64. The van der Waals surface area contributed by atoms with Gasteiger partial charge in [-0.3, -0.25) is 19.7 Å². The lowest BCUT2D eigenvalue weighted by atomic mass is 10.1. The minimum atomic E-state index is -0.580. The molecule has 4 N–H and O–H groups in total. The molecule has 1 aromatic carbocycles. The Kier molecular flexibility index (Phi) is 5.01. The molecule has 0 radical (unpaired) electrons. The number of nitrogens with zero attached hydrogens (tertiary/aromatic N) is 1. The summed E-state index contributed by atoms with van der Waals surface area (Å²) in [6.07, 6.45) is -0.00441. The summed E-state index contributed by atoms with van der Waals surface area (Å²) >= 11 is 0. The first-order chi connectivity index (χ1) is 9.35.